The Morgan fingerprint density at radius 3 is 2.58 bits per heavy atom. The zero-order chi connectivity index (χ0) is 18.2. The van der Waals surface area contributed by atoms with Gasteiger partial charge in [0.25, 0.3) is 0 Å². The van der Waals surface area contributed by atoms with E-state index in [0.717, 1.165) is 0 Å². The maximum absolute atomic E-state index is 11.8. The molecule has 0 fully saturated rings. The van der Waals surface area contributed by atoms with Gasteiger partial charge in [-0.3, -0.25) is 14.7 Å². The zero-order valence-electron chi connectivity index (χ0n) is 12.9. The van der Waals surface area contributed by atoms with E-state index in [-0.39, 0.29) is 18.2 Å². The van der Waals surface area contributed by atoms with Gasteiger partial charge in [0.2, 0.25) is 0 Å². The Hall–Kier alpha value is -1.64. The summed E-state index contributed by atoms with van der Waals surface area (Å²) >= 11 is 9.44. The number of hydrogen-bond acceptors (Lipinski definition) is 4. The largest absolute Gasteiger partial charge is 0.481 e. The lowest BCUT2D eigenvalue weighted by molar-refractivity contribution is -0.160. The summed E-state index contributed by atoms with van der Waals surface area (Å²) in [4.78, 5) is 23.1. The first-order valence-electron chi connectivity index (χ1n) is 7.04. The van der Waals surface area contributed by atoms with Gasteiger partial charge in [0.15, 0.2) is 0 Å². The van der Waals surface area contributed by atoms with E-state index in [1.165, 1.54) is 13.8 Å². The Kier molecular flexibility index (Phi) is 5.22. The van der Waals surface area contributed by atoms with Crippen LogP contribution in [0.25, 0.3) is 10.9 Å². The predicted octanol–water partition coefficient (Wildman–Crippen LogP) is 2.83. The van der Waals surface area contributed by atoms with Gasteiger partial charge in [-0.25, -0.2) is 0 Å². The summed E-state index contributed by atoms with van der Waals surface area (Å²) in [5.74, 6) is -3.56. The highest BCUT2D eigenvalue weighted by Gasteiger charge is 2.43. The molecule has 1 aromatic heterocycles. The van der Waals surface area contributed by atoms with Crippen molar-refractivity contribution in [1.82, 2.24) is 10.2 Å². The number of aromatic amines is 1. The minimum Gasteiger partial charge on any atom is -0.481 e. The van der Waals surface area contributed by atoms with E-state index in [9.17, 15) is 24.9 Å². The van der Waals surface area contributed by atoms with Crippen molar-refractivity contribution in [2.75, 3.05) is 0 Å². The van der Waals surface area contributed by atoms with Crippen molar-refractivity contribution in [1.29, 1.82) is 0 Å². The van der Waals surface area contributed by atoms with Crippen LogP contribution >= 0.6 is 27.5 Å². The standard InChI is InChI=1S/C15H16BrClN2O5/c1-6(13(21)22)15(2,14(23)24)4-7-3-9(16)11-10(8(7)5-20)12(17)19-18-11/h3,6,20H,4-5H2,1-2H3,(H,18,19)(H,21,22)(H,23,24). The van der Waals surface area contributed by atoms with Gasteiger partial charge in [0.05, 0.1) is 17.9 Å². The molecule has 130 valence electrons. The first-order chi connectivity index (χ1) is 11.1. The van der Waals surface area contributed by atoms with Gasteiger partial charge in [0.1, 0.15) is 10.7 Å². The summed E-state index contributed by atoms with van der Waals surface area (Å²) in [5, 5.41) is 36.0. The van der Waals surface area contributed by atoms with Crippen molar-refractivity contribution in [3.8, 4) is 0 Å². The third-order valence-electron chi connectivity index (χ3n) is 4.47. The number of carboxylic acids is 2. The lowest BCUT2D eigenvalue weighted by atomic mass is 9.72. The average molecular weight is 420 g/mol. The molecule has 0 spiro atoms. The quantitative estimate of drug-likeness (QED) is 0.571. The van der Waals surface area contributed by atoms with E-state index in [2.05, 4.69) is 26.1 Å². The molecule has 2 unspecified atom stereocenters. The Labute approximate surface area is 150 Å². The molecule has 1 aromatic carbocycles. The smallest absolute Gasteiger partial charge is 0.310 e. The topological polar surface area (TPSA) is 124 Å². The van der Waals surface area contributed by atoms with Crippen LogP contribution in [0.15, 0.2) is 10.5 Å². The van der Waals surface area contributed by atoms with Crippen molar-refractivity contribution in [3.63, 3.8) is 0 Å². The van der Waals surface area contributed by atoms with Crippen LogP contribution in [0.1, 0.15) is 25.0 Å². The van der Waals surface area contributed by atoms with E-state index < -0.39 is 23.3 Å². The van der Waals surface area contributed by atoms with Gasteiger partial charge in [-0.15, -0.1) is 0 Å². The lowest BCUT2D eigenvalue weighted by Crippen LogP contribution is -2.40. The summed E-state index contributed by atoms with van der Waals surface area (Å²) in [5.41, 5.74) is -0.120. The molecule has 0 aliphatic carbocycles. The third-order valence-corrected chi connectivity index (χ3v) is 5.35. The molecule has 7 nitrogen and oxygen atoms in total. The van der Waals surface area contributed by atoms with Crippen LogP contribution in [0.3, 0.4) is 0 Å². The fraction of sp³-hybridized carbons (Fsp3) is 0.400. The van der Waals surface area contributed by atoms with Gasteiger partial charge in [-0.1, -0.05) is 18.5 Å². The summed E-state index contributed by atoms with van der Waals surface area (Å²) in [7, 11) is 0. The highest BCUT2D eigenvalue weighted by molar-refractivity contribution is 9.10. The van der Waals surface area contributed by atoms with Crippen LogP contribution in [0.5, 0.6) is 0 Å². The van der Waals surface area contributed by atoms with Crippen molar-refractivity contribution >= 4 is 50.4 Å². The Morgan fingerprint density at radius 1 is 1.46 bits per heavy atom. The highest BCUT2D eigenvalue weighted by atomic mass is 79.9. The van der Waals surface area contributed by atoms with E-state index in [1.807, 2.05) is 0 Å². The van der Waals surface area contributed by atoms with Crippen molar-refractivity contribution in [2.24, 2.45) is 11.3 Å². The average Bonchev–Trinajstić information content (AvgIpc) is 2.89. The number of hydrogen-bond donors (Lipinski definition) is 4. The second kappa shape index (κ2) is 6.70. The van der Waals surface area contributed by atoms with E-state index in [1.54, 1.807) is 6.07 Å². The van der Waals surface area contributed by atoms with Gasteiger partial charge >= 0.3 is 11.9 Å². The minimum atomic E-state index is -1.56. The molecule has 2 rings (SSSR count). The number of nitrogens with zero attached hydrogens (tertiary/aromatic N) is 1. The number of rotatable bonds is 6. The number of carboxylic acid groups (broad SMARTS) is 2. The summed E-state index contributed by atoms with van der Waals surface area (Å²) in [6, 6.07) is 1.64. The molecule has 24 heavy (non-hydrogen) atoms. The maximum atomic E-state index is 11.8. The monoisotopic (exact) mass is 418 g/mol. The van der Waals surface area contributed by atoms with Gasteiger partial charge in [0, 0.05) is 9.86 Å². The van der Waals surface area contributed by atoms with Crippen LogP contribution < -0.4 is 0 Å². The molecule has 9 heteroatoms. The number of aliphatic hydroxyl groups is 1. The Balaban J connectivity index is 2.65. The zero-order valence-corrected chi connectivity index (χ0v) is 15.3. The van der Waals surface area contributed by atoms with Crippen LogP contribution in [0.4, 0.5) is 0 Å². The first kappa shape index (κ1) is 18.7. The predicted molar refractivity (Wildman–Crippen MR) is 91.0 cm³/mol. The highest BCUT2D eigenvalue weighted by Crippen LogP contribution is 2.38. The first-order valence-corrected chi connectivity index (χ1v) is 8.21. The fourth-order valence-corrected chi connectivity index (χ4v) is 3.47. The SMILES string of the molecule is CC(C(=O)O)C(C)(Cc1cc(Br)c2n[nH]c(Cl)c2c1CO)C(=O)O. The van der Waals surface area contributed by atoms with Crippen molar-refractivity contribution in [2.45, 2.75) is 26.9 Å². The number of H-pyrrole nitrogens is 1. The molecule has 0 bridgehead atoms. The fourth-order valence-electron chi connectivity index (χ4n) is 2.66. The Morgan fingerprint density at radius 2 is 2.08 bits per heavy atom. The Bertz CT molecular complexity index is 822. The lowest BCUT2D eigenvalue weighted by Gasteiger charge is -2.29. The minimum absolute atomic E-state index is 0.0816. The molecular weight excluding hydrogens is 404 g/mol. The van der Waals surface area contributed by atoms with Crippen molar-refractivity contribution in [3.05, 3.63) is 26.8 Å². The summed E-state index contributed by atoms with van der Waals surface area (Å²) in [6.45, 7) is 2.35. The van der Waals surface area contributed by atoms with E-state index in [4.69, 9.17) is 11.6 Å². The molecule has 0 saturated carbocycles. The van der Waals surface area contributed by atoms with Crippen molar-refractivity contribution < 1.29 is 24.9 Å². The molecule has 0 amide bonds. The molecule has 0 aliphatic rings. The van der Waals surface area contributed by atoms with Crippen LogP contribution in [-0.4, -0.2) is 37.5 Å². The third kappa shape index (κ3) is 3.01. The van der Waals surface area contributed by atoms with E-state index >= 15 is 0 Å². The van der Waals surface area contributed by atoms with Crippen LogP contribution in [0.2, 0.25) is 5.15 Å². The maximum Gasteiger partial charge on any atom is 0.310 e. The van der Waals surface area contributed by atoms with E-state index in [0.29, 0.717) is 26.5 Å². The number of aliphatic hydroxyl groups excluding tert-OH is 1. The number of benzene rings is 1. The number of aliphatic carboxylic acids is 2. The molecule has 2 atom stereocenters. The number of nitrogens with one attached hydrogen (secondary N) is 1. The summed E-state index contributed by atoms with van der Waals surface area (Å²) in [6.07, 6.45) is -0.0816. The van der Waals surface area contributed by atoms with Crippen LogP contribution in [0, 0.1) is 11.3 Å². The molecule has 1 heterocycles. The summed E-state index contributed by atoms with van der Waals surface area (Å²) < 4.78 is 0.573. The number of aromatic nitrogens is 2. The van der Waals surface area contributed by atoms with Crippen LogP contribution in [-0.2, 0) is 22.6 Å². The van der Waals surface area contributed by atoms with Gasteiger partial charge < -0.3 is 15.3 Å². The molecular formula is C15H16BrClN2O5. The molecule has 4 N–H and O–H groups in total. The number of fused-ring (bicyclic) bond motifs is 1. The normalized spacial score (nSPS) is 15.2. The number of carbonyl (C=O) groups is 2. The molecule has 0 saturated heterocycles. The second-order valence-electron chi connectivity index (χ2n) is 5.87. The number of halogens is 2. The molecule has 2 aromatic rings. The molecule has 0 radical (unpaired) electrons. The van der Waals surface area contributed by atoms with Gasteiger partial charge in [-0.05, 0) is 46.5 Å². The molecule has 0 aliphatic heterocycles. The second-order valence-corrected chi connectivity index (χ2v) is 7.11. The van der Waals surface area contributed by atoms with Gasteiger partial charge in [-0.2, -0.15) is 5.10 Å².